The minimum absolute atomic E-state index is 0.314. The molecule has 1 saturated heterocycles. The summed E-state index contributed by atoms with van der Waals surface area (Å²) < 4.78 is 6.54. The number of rotatable bonds is 4. The number of thiophene rings is 1. The molecule has 3 nitrogen and oxygen atoms in total. The molecular weight excluding hydrogens is 244 g/mol. The number of fused-ring (bicyclic) bond motifs is 1. The number of pyridine rings is 1. The van der Waals surface area contributed by atoms with Crippen LogP contribution in [0.4, 0.5) is 0 Å². The first kappa shape index (κ1) is 12.1. The molecule has 0 amide bonds. The van der Waals surface area contributed by atoms with Gasteiger partial charge in [-0.15, -0.1) is 11.3 Å². The topological polar surface area (TPSA) is 34.1 Å². The molecule has 2 aromatic heterocycles. The molecule has 96 valence electrons. The van der Waals surface area contributed by atoms with Gasteiger partial charge >= 0.3 is 0 Å². The molecule has 1 aliphatic heterocycles. The maximum atomic E-state index is 5.27. The van der Waals surface area contributed by atoms with Crippen LogP contribution >= 0.6 is 11.3 Å². The van der Waals surface area contributed by atoms with Crippen molar-refractivity contribution < 1.29 is 4.74 Å². The van der Waals surface area contributed by atoms with Crippen LogP contribution in [0.3, 0.4) is 0 Å². The Labute approximate surface area is 111 Å². The first-order chi connectivity index (χ1) is 8.66. The Balaban J connectivity index is 1.69. The lowest BCUT2D eigenvalue weighted by Gasteiger charge is -2.39. The van der Waals surface area contributed by atoms with E-state index in [9.17, 15) is 0 Å². The molecule has 0 spiro atoms. The molecule has 3 heterocycles. The largest absolute Gasteiger partial charge is 0.380 e. The van der Waals surface area contributed by atoms with Crippen LogP contribution in [0, 0.1) is 5.41 Å². The lowest BCUT2D eigenvalue weighted by Crippen LogP contribution is -2.47. The van der Waals surface area contributed by atoms with E-state index >= 15 is 0 Å². The number of aromatic nitrogens is 1. The van der Waals surface area contributed by atoms with Gasteiger partial charge in [0.1, 0.15) is 0 Å². The van der Waals surface area contributed by atoms with Gasteiger partial charge in [-0.1, -0.05) is 6.92 Å². The smallest absolute Gasteiger partial charge is 0.0809 e. The SMILES string of the molecule is CC(NCC1(C)COC1)c1cnc2ccsc2c1. The monoisotopic (exact) mass is 262 g/mol. The molecule has 0 aliphatic carbocycles. The van der Waals surface area contributed by atoms with Gasteiger partial charge in [-0.05, 0) is 30.0 Å². The van der Waals surface area contributed by atoms with Crippen LogP contribution in [-0.4, -0.2) is 24.7 Å². The molecule has 0 saturated carbocycles. The van der Waals surface area contributed by atoms with Crippen molar-refractivity contribution in [3.63, 3.8) is 0 Å². The second kappa shape index (κ2) is 4.61. The molecule has 1 atom stereocenters. The lowest BCUT2D eigenvalue weighted by molar-refractivity contribution is -0.0999. The molecule has 0 bridgehead atoms. The van der Waals surface area contributed by atoms with Crippen molar-refractivity contribution in [1.82, 2.24) is 10.3 Å². The maximum Gasteiger partial charge on any atom is 0.0809 e. The Hall–Kier alpha value is -0.970. The van der Waals surface area contributed by atoms with Crippen LogP contribution < -0.4 is 5.32 Å². The highest BCUT2D eigenvalue weighted by Gasteiger charge is 2.33. The van der Waals surface area contributed by atoms with Gasteiger partial charge in [0.25, 0.3) is 0 Å². The van der Waals surface area contributed by atoms with Gasteiger partial charge in [0, 0.05) is 24.2 Å². The van der Waals surface area contributed by atoms with E-state index in [1.165, 1.54) is 10.3 Å². The van der Waals surface area contributed by atoms with Gasteiger partial charge in [-0.2, -0.15) is 0 Å². The number of nitrogens with one attached hydrogen (secondary N) is 1. The fourth-order valence-corrected chi connectivity index (χ4v) is 2.96. The summed E-state index contributed by atoms with van der Waals surface area (Å²) in [5.41, 5.74) is 2.67. The van der Waals surface area contributed by atoms with Gasteiger partial charge in [0.05, 0.1) is 23.4 Å². The highest BCUT2D eigenvalue weighted by atomic mass is 32.1. The Morgan fingerprint density at radius 2 is 2.39 bits per heavy atom. The third-order valence-corrected chi connectivity index (χ3v) is 4.41. The fraction of sp³-hybridized carbons (Fsp3) is 0.500. The van der Waals surface area contributed by atoms with Crippen LogP contribution in [0.15, 0.2) is 23.7 Å². The van der Waals surface area contributed by atoms with Crippen molar-refractivity contribution in [2.24, 2.45) is 5.41 Å². The number of nitrogens with zero attached hydrogens (tertiary/aromatic N) is 1. The van der Waals surface area contributed by atoms with E-state index in [4.69, 9.17) is 4.74 Å². The summed E-state index contributed by atoms with van der Waals surface area (Å²) in [5.74, 6) is 0. The third kappa shape index (κ3) is 2.28. The first-order valence-electron chi connectivity index (χ1n) is 6.31. The van der Waals surface area contributed by atoms with Crippen LogP contribution in [-0.2, 0) is 4.74 Å². The summed E-state index contributed by atoms with van der Waals surface area (Å²) in [6, 6.07) is 4.64. The Morgan fingerprint density at radius 3 is 3.11 bits per heavy atom. The molecule has 4 heteroatoms. The van der Waals surface area contributed by atoms with Crippen LogP contribution in [0.25, 0.3) is 10.2 Å². The normalized spacial score (nSPS) is 19.7. The predicted molar refractivity (Wildman–Crippen MR) is 75.0 cm³/mol. The van der Waals surface area contributed by atoms with E-state index in [-0.39, 0.29) is 0 Å². The molecule has 1 fully saturated rings. The Morgan fingerprint density at radius 1 is 1.56 bits per heavy atom. The highest BCUT2D eigenvalue weighted by Crippen LogP contribution is 2.27. The zero-order valence-corrected chi connectivity index (χ0v) is 11.6. The molecule has 2 aromatic rings. The second-order valence-corrected chi connectivity index (χ2v) is 6.43. The van der Waals surface area contributed by atoms with Crippen molar-refractivity contribution in [2.45, 2.75) is 19.9 Å². The minimum Gasteiger partial charge on any atom is -0.380 e. The summed E-state index contributed by atoms with van der Waals surface area (Å²) in [5, 5.41) is 5.67. The van der Waals surface area contributed by atoms with Gasteiger partial charge in [0.2, 0.25) is 0 Å². The van der Waals surface area contributed by atoms with E-state index in [0.29, 0.717) is 11.5 Å². The van der Waals surface area contributed by atoms with E-state index in [1.807, 2.05) is 6.20 Å². The summed E-state index contributed by atoms with van der Waals surface area (Å²) in [4.78, 5) is 4.49. The van der Waals surface area contributed by atoms with Crippen molar-refractivity contribution >= 4 is 21.6 Å². The lowest BCUT2D eigenvalue weighted by atomic mass is 9.88. The molecule has 0 radical (unpaired) electrons. The van der Waals surface area contributed by atoms with Gasteiger partial charge in [-0.25, -0.2) is 0 Å². The highest BCUT2D eigenvalue weighted by molar-refractivity contribution is 7.17. The van der Waals surface area contributed by atoms with Crippen molar-refractivity contribution in [3.8, 4) is 0 Å². The first-order valence-corrected chi connectivity index (χ1v) is 7.19. The van der Waals surface area contributed by atoms with E-state index < -0.39 is 0 Å². The van der Waals surface area contributed by atoms with Crippen molar-refractivity contribution in [2.75, 3.05) is 19.8 Å². The molecule has 1 N–H and O–H groups in total. The summed E-state index contributed by atoms with van der Waals surface area (Å²) in [6.45, 7) is 7.19. The van der Waals surface area contributed by atoms with E-state index in [1.54, 1.807) is 11.3 Å². The van der Waals surface area contributed by atoms with E-state index in [0.717, 1.165) is 25.3 Å². The zero-order chi connectivity index (χ0) is 12.6. The number of ether oxygens (including phenoxy) is 1. The van der Waals surface area contributed by atoms with Crippen LogP contribution in [0.2, 0.25) is 0 Å². The second-order valence-electron chi connectivity index (χ2n) is 5.48. The summed E-state index contributed by atoms with van der Waals surface area (Å²) >= 11 is 1.75. The predicted octanol–water partition coefficient (Wildman–Crippen LogP) is 2.98. The fourth-order valence-electron chi connectivity index (χ4n) is 2.17. The standard InChI is InChI=1S/C14H18N2OS/c1-10(16-7-14(2)8-17-9-14)11-5-13-12(15-6-11)3-4-18-13/h3-6,10,16H,7-9H2,1-2H3. The van der Waals surface area contributed by atoms with Crippen molar-refractivity contribution in [1.29, 1.82) is 0 Å². The van der Waals surface area contributed by atoms with Gasteiger partial charge in [-0.3, -0.25) is 4.98 Å². The number of hydrogen-bond donors (Lipinski definition) is 1. The molecule has 0 aromatic carbocycles. The average molecular weight is 262 g/mol. The van der Waals surface area contributed by atoms with Crippen LogP contribution in [0.1, 0.15) is 25.5 Å². The third-order valence-electron chi connectivity index (χ3n) is 3.56. The van der Waals surface area contributed by atoms with Gasteiger partial charge in [0.15, 0.2) is 0 Å². The minimum atomic E-state index is 0.314. The number of hydrogen-bond acceptors (Lipinski definition) is 4. The molecule has 1 aliphatic rings. The molecule has 18 heavy (non-hydrogen) atoms. The van der Waals surface area contributed by atoms with Crippen molar-refractivity contribution in [3.05, 3.63) is 29.3 Å². The van der Waals surface area contributed by atoms with Crippen LogP contribution in [0.5, 0.6) is 0 Å². The van der Waals surface area contributed by atoms with E-state index in [2.05, 4.69) is 41.7 Å². The molecule has 1 unspecified atom stereocenters. The van der Waals surface area contributed by atoms with Gasteiger partial charge < -0.3 is 10.1 Å². The maximum absolute atomic E-state index is 5.27. The molecule has 3 rings (SSSR count). The average Bonchev–Trinajstić information content (AvgIpc) is 2.80. The zero-order valence-electron chi connectivity index (χ0n) is 10.8. The summed E-state index contributed by atoms with van der Waals surface area (Å²) in [6.07, 6.45) is 1.98. The Bertz CT molecular complexity index is 547. The molecular formula is C14H18N2OS. The Kier molecular flexibility index (Phi) is 3.09. The summed E-state index contributed by atoms with van der Waals surface area (Å²) in [7, 11) is 0. The quantitative estimate of drug-likeness (QED) is 0.919.